The minimum atomic E-state index is 0.465. The van der Waals surface area contributed by atoms with Crippen LogP contribution in [0.3, 0.4) is 0 Å². The average Bonchev–Trinajstić information content (AvgIpc) is 2.67. The van der Waals surface area contributed by atoms with E-state index >= 15 is 0 Å². The zero-order valence-corrected chi connectivity index (χ0v) is 7.34. The summed E-state index contributed by atoms with van der Waals surface area (Å²) in [7, 11) is 0. The maximum atomic E-state index is 5.51. The van der Waals surface area contributed by atoms with E-state index < -0.39 is 0 Å². The minimum Gasteiger partial charge on any atom is -0.384 e. The Bertz CT molecular complexity index is 400. The van der Waals surface area contributed by atoms with Crippen molar-refractivity contribution in [1.82, 2.24) is 15.1 Å². The van der Waals surface area contributed by atoms with Crippen LogP contribution in [0.4, 0.5) is 11.6 Å². The van der Waals surface area contributed by atoms with Crippen LogP contribution in [0.25, 0.3) is 0 Å². The van der Waals surface area contributed by atoms with Gasteiger partial charge in [-0.05, 0) is 12.1 Å². The van der Waals surface area contributed by atoms with Crippen molar-refractivity contribution in [2.45, 2.75) is 6.54 Å². The molecule has 6 heteroatoms. The highest BCUT2D eigenvalue weighted by Gasteiger charge is 1.98. The fourth-order valence-corrected chi connectivity index (χ4v) is 0.990. The Balaban J connectivity index is 1.98. The van der Waals surface area contributed by atoms with Crippen LogP contribution in [-0.2, 0) is 6.54 Å². The molecule has 0 atom stereocenters. The summed E-state index contributed by atoms with van der Waals surface area (Å²) >= 11 is 0. The van der Waals surface area contributed by atoms with Crippen LogP contribution < -0.4 is 11.1 Å². The van der Waals surface area contributed by atoms with Crippen molar-refractivity contribution >= 4 is 11.6 Å². The fraction of sp³-hybridized carbons (Fsp3) is 0.125. The quantitative estimate of drug-likeness (QED) is 0.740. The van der Waals surface area contributed by atoms with Crippen LogP contribution in [0.15, 0.2) is 29.1 Å². The third kappa shape index (κ3) is 1.98. The summed E-state index contributed by atoms with van der Waals surface area (Å²) in [6.45, 7) is 0.465. The van der Waals surface area contributed by atoms with Crippen LogP contribution in [0.2, 0.25) is 0 Å². The van der Waals surface area contributed by atoms with Crippen molar-refractivity contribution in [2.24, 2.45) is 0 Å². The van der Waals surface area contributed by atoms with Crippen molar-refractivity contribution in [1.29, 1.82) is 0 Å². The van der Waals surface area contributed by atoms with Gasteiger partial charge < -0.3 is 15.6 Å². The predicted molar refractivity (Wildman–Crippen MR) is 50.3 cm³/mol. The molecule has 6 nitrogen and oxygen atoms in total. The molecule has 2 aromatic rings. The van der Waals surface area contributed by atoms with E-state index in [-0.39, 0.29) is 0 Å². The molecule has 2 rings (SSSR count). The second kappa shape index (κ2) is 3.73. The molecule has 0 saturated heterocycles. The molecule has 0 aliphatic heterocycles. The van der Waals surface area contributed by atoms with Crippen LogP contribution in [0.1, 0.15) is 5.82 Å². The van der Waals surface area contributed by atoms with Gasteiger partial charge >= 0.3 is 0 Å². The Labute approximate surface area is 80.1 Å². The molecule has 0 aliphatic rings. The Morgan fingerprint density at radius 2 is 2.36 bits per heavy atom. The van der Waals surface area contributed by atoms with Gasteiger partial charge in [0, 0.05) is 0 Å². The van der Waals surface area contributed by atoms with Gasteiger partial charge in [0.25, 0.3) is 0 Å². The second-order valence-corrected chi connectivity index (χ2v) is 2.65. The fourth-order valence-electron chi connectivity index (χ4n) is 0.990. The number of nitrogens with one attached hydrogen (secondary N) is 1. The molecule has 0 saturated carbocycles. The first-order valence-electron chi connectivity index (χ1n) is 4.06. The monoisotopic (exact) mass is 191 g/mol. The molecule has 0 unspecified atom stereocenters. The average molecular weight is 191 g/mol. The molecule has 0 aliphatic carbocycles. The van der Waals surface area contributed by atoms with E-state index in [2.05, 4.69) is 25.0 Å². The van der Waals surface area contributed by atoms with Crippen molar-refractivity contribution in [2.75, 3.05) is 11.1 Å². The summed E-state index contributed by atoms with van der Waals surface area (Å²) in [5.74, 6) is 1.74. The lowest BCUT2D eigenvalue weighted by molar-refractivity contribution is 0.411. The number of rotatable bonds is 3. The molecule has 3 N–H and O–H groups in total. The van der Waals surface area contributed by atoms with Crippen LogP contribution in [0, 0.1) is 0 Å². The Hall–Kier alpha value is -2.11. The number of hydrogen-bond donors (Lipinski definition) is 2. The van der Waals surface area contributed by atoms with E-state index in [9.17, 15) is 0 Å². The number of pyridine rings is 1. The van der Waals surface area contributed by atoms with Gasteiger partial charge in [0.05, 0.1) is 6.54 Å². The van der Waals surface area contributed by atoms with Gasteiger partial charge in [-0.25, -0.2) is 4.98 Å². The number of nitrogen functional groups attached to an aromatic ring is 1. The summed E-state index contributed by atoms with van der Waals surface area (Å²) in [5.41, 5.74) is 5.51. The lowest BCUT2D eigenvalue weighted by atomic mass is 10.4. The molecule has 0 amide bonds. The number of hydrogen-bond acceptors (Lipinski definition) is 6. The van der Waals surface area contributed by atoms with Crippen molar-refractivity contribution in [3.8, 4) is 0 Å². The van der Waals surface area contributed by atoms with Gasteiger partial charge in [0.2, 0.25) is 6.39 Å². The molecule has 14 heavy (non-hydrogen) atoms. The largest absolute Gasteiger partial charge is 0.384 e. The predicted octanol–water partition coefficient (Wildman–Crippen LogP) is 0.659. The maximum Gasteiger partial charge on any atom is 0.213 e. The first-order chi connectivity index (χ1) is 6.84. The molecule has 0 bridgehead atoms. The molecule has 72 valence electrons. The van der Waals surface area contributed by atoms with E-state index in [0.29, 0.717) is 24.0 Å². The van der Waals surface area contributed by atoms with Crippen molar-refractivity contribution in [3.63, 3.8) is 0 Å². The lowest BCUT2D eigenvalue weighted by Gasteiger charge is -2.02. The van der Waals surface area contributed by atoms with Gasteiger partial charge in [-0.1, -0.05) is 11.2 Å². The van der Waals surface area contributed by atoms with E-state index in [0.717, 1.165) is 0 Å². The third-order valence-electron chi connectivity index (χ3n) is 1.61. The summed E-state index contributed by atoms with van der Waals surface area (Å²) in [6.07, 6.45) is 1.28. The first kappa shape index (κ1) is 8.49. The molecular formula is C8H9N5O. The maximum absolute atomic E-state index is 5.51. The van der Waals surface area contributed by atoms with Gasteiger partial charge in [-0.3, -0.25) is 0 Å². The highest BCUT2D eigenvalue weighted by atomic mass is 16.5. The van der Waals surface area contributed by atoms with Gasteiger partial charge in [0.15, 0.2) is 5.82 Å². The Morgan fingerprint density at radius 1 is 1.43 bits per heavy atom. The standard InChI is InChI=1S/C8H9N5O/c9-6-2-1-3-7(12-6)10-4-8-11-5-14-13-8/h1-3,5H,4H2,(H3,9,10,12). The Kier molecular flexibility index (Phi) is 2.26. The van der Waals surface area contributed by atoms with E-state index in [1.165, 1.54) is 6.39 Å². The van der Waals surface area contributed by atoms with Gasteiger partial charge in [0.1, 0.15) is 11.6 Å². The molecule has 2 heterocycles. The van der Waals surface area contributed by atoms with Gasteiger partial charge in [-0.2, -0.15) is 4.98 Å². The molecule has 0 fully saturated rings. The topological polar surface area (TPSA) is 89.9 Å². The SMILES string of the molecule is Nc1cccc(NCc2ncon2)n1. The molecule has 0 radical (unpaired) electrons. The van der Waals surface area contributed by atoms with Crippen LogP contribution in [-0.4, -0.2) is 15.1 Å². The molecular weight excluding hydrogens is 182 g/mol. The van der Waals surface area contributed by atoms with Gasteiger partial charge in [-0.15, -0.1) is 0 Å². The molecule has 0 spiro atoms. The van der Waals surface area contributed by atoms with E-state index in [4.69, 9.17) is 5.73 Å². The molecule has 2 aromatic heterocycles. The summed E-state index contributed by atoms with van der Waals surface area (Å²) in [6, 6.07) is 5.36. The summed E-state index contributed by atoms with van der Waals surface area (Å²) < 4.78 is 4.58. The Morgan fingerprint density at radius 3 is 3.07 bits per heavy atom. The number of nitrogens with zero attached hydrogens (tertiary/aromatic N) is 3. The normalized spacial score (nSPS) is 10.0. The third-order valence-corrected chi connectivity index (χ3v) is 1.61. The smallest absolute Gasteiger partial charge is 0.213 e. The number of aromatic nitrogens is 3. The highest BCUT2D eigenvalue weighted by molar-refractivity contribution is 5.42. The van der Waals surface area contributed by atoms with Crippen molar-refractivity contribution < 1.29 is 4.52 Å². The summed E-state index contributed by atoms with van der Waals surface area (Å²) in [4.78, 5) is 7.91. The molecule has 0 aromatic carbocycles. The number of nitrogens with two attached hydrogens (primary N) is 1. The number of anilines is 2. The minimum absolute atomic E-state index is 0.465. The van der Waals surface area contributed by atoms with Crippen LogP contribution in [0.5, 0.6) is 0 Å². The lowest BCUT2D eigenvalue weighted by Crippen LogP contribution is -2.03. The van der Waals surface area contributed by atoms with Crippen LogP contribution >= 0.6 is 0 Å². The summed E-state index contributed by atoms with van der Waals surface area (Å²) in [5, 5.41) is 6.66. The zero-order valence-electron chi connectivity index (χ0n) is 7.34. The zero-order chi connectivity index (χ0) is 9.80. The highest BCUT2D eigenvalue weighted by Crippen LogP contribution is 2.06. The first-order valence-corrected chi connectivity index (χ1v) is 4.06. The van der Waals surface area contributed by atoms with E-state index in [1.54, 1.807) is 6.07 Å². The van der Waals surface area contributed by atoms with Crippen molar-refractivity contribution in [3.05, 3.63) is 30.4 Å². The second-order valence-electron chi connectivity index (χ2n) is 2.65. The van der Waals surface area contributed by atoms with E-state index in [1.807, 2.05) is 12.1 Å².